The van der Waals surface area contributed by atoms with Crippen LogP contribution in [-0.4, -0.2) is 23.0 Å². The Morgan fingerprint density at radius 2 is 2.20 bits per heavy atom. The van der Waals surface area contributed by atoms with Gasteiger partial charge in [-0.05, 0) is 25.7 Å². The van der Waals surface area contributed by atoms with Crippen LogP contribution in [0, 0.1) is 5.92 Å². The summed E-state index contributed by atoms with van der Waals surface area (Å²) in [4.78, 5) is 4.73. The Labute approximate surface area is 98.3 Å². The van der Waals surface area contributed by atoms with Gasteiger partial charge < -0.3 is 5.32 Å². The van der Waals surface area contributed by atoms with Crippen molar-refractivity contribution in [3.63, 3.8) is 0 Å². The Hall–Kier alpha value is -0.180. The van der Waals surface area contributed by atoms with Gasteiger partial charge >= 0.3 is 0 Å². The average molecular weight is 228 g/mol. The van der Waals surface area contributed by atoms with Gasteiger partial charge in [0, 0.05) is 11.8 Å². The van der Waals surface area contributed by atoms with Gasteiger partial charge in [-0.3, -0.25) is 4.99 Å². The second-order valence-corrected chi connectivity index (χ2v) is 5.54. The molecule has 3 atom stereocenters. The van der Waals surface area contributed by atoms with Crippen molar-refractivity contribution in [2.75, 3.05) is 5.75 Å². The van der Waals surface area contributed by atoms with Crippen LogP contribution < -0.4 is 5.32 Å². The van der Waals surface area contributed by atoms with Crippen LogP contribution in [-0.2, 0) is 0 Å². The third-order valence-electron chi connectivity index (χ3n) is 3.31. The minimum atomic E-state index is 0.539. The highest BCUT2D eigenvalue weighted by Crippen LogP contribution is 2.19. The van der Waals surface area contributed by atoms with Gasteiger partial charge in [0.15, 0.2) is 5.17 Å². The van der Waals surface area contributed by atoms with E-state index in [4.69, 9.17) is 4.99 Å². The first kappa shape index (κ1) is 12.9. The SMILES string of the molecule is CCC1CCSC(NC(C)C(C)CC)=N1. The lowest BCUT2D eigenvalue weighted by atomic mass is 10.0. The van der Waals surface area contributed by atoms with Crippen molar-refractivity contribution in [2.24, 2.45) is 10.9 Å². The minimum Gasteiger partial charge on any atom is -0.362 e. The number of hydrogen-bond donors (Lipinski definition) is 1. The predicted octanol–water partition coefficient (Wildman–Crippen LogP) is 3.28. The summed E-state index contributed by atoms with van der Waals surface area (Å²) in [6.07, 6.45) is 3.64. The van der Waals surface area contributed by atoms with Gasteiger partial charge in [-0.25, -0.2) is 0 Å². The lowest BCUT2D eigenvalue weighted by Crippen LogP contribution is -2.37. The van der Waals surface area contributed by atoms with E-state index < -0.39 is 0 Å². The molecule has 0 fully saturated rings. The highest BCUT2D eigenvalue weighted by Gasteiger charge is 2.17. The first-order valence-corrected chi connectivity index (χ1v) is 7.13. The fourth-order valence-electron chi connectivity index (χ4n) is 1.62. The smallest absolute Gasteiger partial charge is 0.157 e. The summed E-state index contributed by atoms with van der Waals surface area (Å²) in [5.74, 6) is 1.94. The fraction of sp³-hybridized carbons (Fsp3) is 0.917. The lowest BCUT2D eigenvalue weighted by Gasteiger charge is -2.25. The Kier molecular flexibility index (Phi) is 5.51. The number of nitrogens with one attached hydrogen (secondary N) is 1. The monoisotopic (exact) mass is 228 g/mol. The zero-order chi connectivity index (χ0) is 11.3. The Morgan fingerprint density at radius 3 is 2.80 bits per heavy atom. The van der Waals surface area contributed by atoms with Crippen LogP contribution in [0.4, 0.5) is 0 Å². The summed E-state index contributed by atoms with van der Waals surface area (Å²) >= 11 is 1.88. The van der Waals surface area contributed by atoms with E-state index in [1.807, 2.05) is 11.8 Å². The van der Waals surface area contributed by atoms with E-state index in [-0.39, 0.29) is 0 Å². The van der Waals surface area contributed by atoms with Crippen molar-refractivity contribution < 1.29 is 0 Å². The van der Waals surface area contributed by atoms with Crippen molar-refractivity contribution in [3.05, 3.63) is 0 Å². The number of aliphatic imine (C=N–C) groups is 1. The second-order valence-electron chi connectivity index (χ2n) is 4.45. The first-order chi connectivity index (χ1) is 7.17. The Balaban J connectivity index is 2.46. The van der Waals surface area contributed by atoms with Crippen LogP contribution in [0.3, 0.4) is 0 Å². The van der Waals surface area contributed by atoms with Gasteiger partial charge in [0.25, 0.3) is 0 Å². The molecule has 0 saturated carbocycles. The third-order valence-corrected chi connectivity index (χ3v) is 4.25. The summed E-state index contributed by atoms with van der Waals surface area (Å²) in [6.45, 7) is 9.02. The van der Waals surface area contributed by atoms with Gasteiger partial charge in [0.1, 0.15) is 0 Å². The average Bonchev–Trinajstić information content (AvgIpc) is 2.28. The number of thioether (sulfide) groups is 1. The molecular formula is C12H24N2S. The standard InChI is InChI=1S/C12H24N2S/c1-5-9(3)10(4)13-12-14-11(6-2)7-8-15-12/h9-11H,5-8H2,1-4H3,(H,13,14). The van der Waals surface area contributed by atoms with E-state index in [0.29, 0.717) is 12.1 Å². The van der Waals surface area contributed by atoms with Gasteiger partial charge in [-0.2, -0.15) is 0 Å². The van der Waals surface area contributed by atoms with E-state index in [0.717, 1.165) is 5.92 Å². The van der Waals surface area contributed by atoms with Crippen molar-refractivity contribution in [2.45, 2.75) is 59.0 Å². The Morgan fingerprint density at radius 1 is 1.47 bits per heavy atom. The molecule has 0 aromatic heterocycles. The first-order valence-electron chi connectivity index (χ1n) is 6.14. The number of nitrogens with zero attached hydrogens (tertiary/aromatic N) is 1. The van der Waals surface area contributed by atoms with Gasteiger partial charge in [0.05, 0.1) is 6.04 Å². The van der Waals surface area contributed by atoms with Crippen LogP contribution in [0.2, 0.25) is 0 Å². The van der Waals surface area contributed by atoms with Crippen LogP contribution >= 0.6 is 11.8 Å². The molecule has 0 radical (unpaired) electrons. The minimum absolute atomic E-state index is 0.539. The molecule has 0 aromatic carbocycles. The van der Waals surface area contributed by atoms with Crippen molar-refractivity contribution >= 4 is 16.9 Å². The highest BCUT2D eigenvalue weighted by molar-refractivity contribution is 8.13. The summed E-state index contributed by atoms with van der Waals surface area (Å²) in [5.41, 5.74) is 0. The number of hydrogen-bond acceptors (Lipinski definition) is 3. The lowest BCUT2D eigenvalue weighted by molar-refractivity contribution is 0.437. The summed E-state index contributed by atoms with van der Waals surface area (Å²) < 4.78 is 0. The zero-order valence-corrected chi connectivity index (χ0v) is 11.2. The van der Waals surface area contributed by atoms with E-state index in [2.05, 4.69) is 33.0 Å². The van der Waals surface area contributed by atoms with Crippen LogP contribution in [0.5, 0.6) is 0 Å². The van der Waals surface area contributed by atoms with E-state index in [9.17, 15) is 0 Å². The molecule has 1 aliphatic heterocycles. The molecule has 88 valence electrons. The summed E-state index contributed by atoms with van der Waals surface area (Å²) in [7, 11) is 0. The maximum atomic E-state index is 4.73. The molecule has 0 spiro atoms. The quantitative estimate of drug-likeness (QED) is 0.798. The topological polar surface area (TPSA) is 24.4 Å². The Bertz CT molecular complexity index is 216. The molecule has 0 bridgehead atoms. The molecule has 0 amide bonds. The second kappa shape index (κ2) is 6.41. The number of rotatable bonds is 4. The van der Waals surface area contributed by atoms with Gasteiger partial charge in [0.2, 0.25) is 0 Å². The third kappa shape index (κ3) is 4.06. The molecular weight excluding hydrogens is 204 g/mol. The maximum absolute atomic E-state index is 4.73. The van der Waals surface area contributed by atoms with Crippen molar-refractivity contribution in [1.82, 2.24) is 5.32 Å². The van der Waals surface area contributed by atoms with Crippen LogP contribution in [0.15, 0.2) is 4.99 Å². The summed E-state index contributed by atoms with van der Waals surface area (Å²) in [6, 6.07) is 1.09. The molecule has 3 heteroatoms. The highest BCUT2D eigenvalue weighted by atomic mass is 32.2. The van der Waals surface area contributed by atoms with Gasteiger partial charge in [-0.15, -0.1) is 0 Å². The normalized spacial score (nSPS) is 25.6. The van der Waals surface area contributed by atoms with Crippen molar-refractivity contribution in [3.8, 4) is 0 Å². The van der Waals surface area contributed by atoms with Crippen LogP contribution in [0.25, 0.3) is 0 Å². The van der Waals surface area contributed by atoms with Crippen LogP contribution in [0.1, 0.15) is 47.0 Å². The van der Waals surface area contributed by atoms with Crippen molar-refractivity contribution in [1.29, 1.82) is 0 Å². The van der Waals surface area contributed by atoms with Gasteiger partial charge in [-0.1, -0.05) is 39.0 Å². The zero-order valence-electron chi connectivity index (χ0n) is 10.4. The molecule has 0 saturated heterocycles. The fourth-order valence-corrected chi connectivity index (χ4v) is 2.70. The molecule has 1 rings (SSSR count). The molecule has 0 aliphatic carbocycles. The summed E-state index contributed by atoms with van der Waals surface area (Å²) in [5, 5.41) is 4.71. The maximum Gasteiger partial charge on any atom is 0.157 e. The largest absolute Gasteiger partial charge is 0.362 e. The van der Waals surface area contributed by atoms with E-state index in [1.54, 1.807) is 0 Å². The molecule has 1 N–H and O–H groups in total. The number of amidine groups is 1. The predicted molar refractivity (Wildman–Crippen MR) is 70.6 cm³/mol. The molecule has 15 heavy (non-hydrogen) atoms. The molecule has 1 heterocycles. The van der Waals surface area contributed by atoms with E-state index in [1.165, 1.54) is 30.2 Å². The van der Waals surface area contributed by atoms with E-state index >= 15 is 0 Å². The molecule has 0 aromatic rings. The molecule has 3 unspecified atom stereocenters. The molecule has 1 aliphatic rings. The molecule has 2 nitrogen and oxygen atoms in total.